The van der Waals surface area contributed by atoms with Gasteiger partial charge in [0.05, 0.1) is 6.26 Å². The first-order valence-electron chi connectivity index (χ1n) is 5.79. The Bertz CT molecular complexity index is 416. The van der Waals surface area contributed by atoms with Gasteiger partial charge in [-0.1, -0.05) is 30.3 Å². The standard InChI is InChI=1S/C13H17F2NO2S/c1-19(9-10-5-3-2-4-6-10)8-7-13(16,11(14)15)12(17)18/h2-6,11H,7-9,16H2,1H3/p+1/t13-,19?/m1/s1. The normalized spacial score (nSPS) is 16.1. The van der Waals surface area contributed by atoms with E-state index in [0.717, 1.165) is 11.3 Å². The van der Waals surface area contributed by atoms with Gasteiger partial charge >= 0.3 is 5.97 Å². The van der Waals surface area contributed by atoms with Gasteiger partial charge < -0.3 is 10.8 Å². The summed E-state index contributed by atoms with van der Waals surface area (Å²) >= 11 is 0. The van der Waals surface area contributed by atoms with Gasteiger partial charge in [-0.25, -0.2) is 13.6 Å². The summed E-state index contributed by atoms with van der Waals surface area (Å²) in [4.78, 5) is 10.8. The quantitative estimate of drug-likeness (QED) is 0.754. The lowest BCUT2D eigenvalue weighted by Gasteiger charge is -2.22. The number of nitrogens with two attached hydrogens (primary N) is 1. The average Bonchev–Trinajstić information content (AvgIpc) is 2.36. The molecule has 0 amide bonds. The Morgan fingerprint density at radius 3 is 2.47 bits per heavy atom. The Morgan fingerprint density at radius 1 is 1.42 bits per heavy atom. The number of halogens is 2. The average molecular weight is 290 g/mol. The molecule has 2 atom stereocenters. The van der Waals surface area contributed by atoms with Crippen molar-refractivity contribution in [1.29, 1.82) is 0 Å². The molecular weight excluding hydrogens is 272 g/mol. The first-order valence-corrected chi connectivity index (χ1v) is 7.77. The third-order valence-electron chi connectivity index (χ3n) is 2.91. The summed E-state index contributed by atoms with van der Waals surface area (Å²) in [5.41, 5.74) is 3.96. The number of carboxylic acid groups (broad SMARTS) is 1. The molecule has 0 saturated heterocycles. The van der Waals surface area contributed by atoms with Crippen molar-refractivity contribution in [2.45, 2.75) is 24.1 Å². The molecule has 0 aliphatic heterocycles. The molecule has 1 aromatic rings. The van der Waals surface area contributed by atoms with Crippen LogP contribution in [0.25, 0.3) is 0 Å². The number of benzene rings is 1. The van der Waals surface area contributed by atoms with Crippen LogP contribution < -0.4 is 5.73 Å². The lowest BCUT2D eigenvalue weighted by molar-refractivity contribution is -0.149. The molecule has 3 nitrogen and oxygen atoms in total. The second-order valence-electron chi connectivity index (χ2n) is 4.51. The van der Waals surface area contributed by atoms with E-state index in [1.54, 1.807) is 0 Å². The van der Waals surface area contributed by atoms with Crippen molar-refractivity contribution in [2.75, 3.05) is 12.0 Å². The molecule has 1 aromatic carbocycles. The van der Waals surface area contributed by atoms with Crippen LogP contribution in [0.15, 0.2) is 30.3 Å². The monoisotopic (exact) mass is 290 g/mol. The highest BCUT2D eigenvalue weighted by atomic mass is 32.2. The summed E-state index contributed by atoms with van der Waals surface area (Å²) in [6.07, 6.45) is -1.34. The molecule has 0 heterocycles. The largest absolute Gasteiger partial charge is 0.480 e. The first-order chi connectivity index (χ1) is 8.86. The molecule has 19 heavy (non-hydrogen) atoms. The summed E-state index contributed by atoms with van der Waals surface area (Å²) in [6.45, 7) is 0. The second-order valence-corrected chi connectivity index (χ2v) is 6.77. The summed E-state index contributed by atoms with van der Waals surface area (Å²) in [5.74, 6) is -0.513. The minimum Gasteiger partial charge on any atom is -0.480 e. The third kappa shape index (κ3) is 4.47. The van der Waals surface area contributed by atoms with Gasteiger partial charge in [-0.3, -0.25) is 0 Å². The van der Waals surface area contributed by atoms with Crippen LogP contribution in [0, 0.1) is 0 Å². The second kappa shape index (κ2) is 6.86. The fourth-order valence-corrected chi connectivity index (χ4v) is 3.18. The van der Waals surface area contributed by atoms with Crippen LogP contribution in [0.3, 0.4) is 0 Å². The van der Waals surface area contributed by atoms with E-state index in [2.05, 4.69) is 0 Å². The number of carbonyl (C=O) groups is 1. The van der Waals surface area contributed by atoms with E-state index < -0.39 is 17.9 Å². The van der Waals surface area contributed by atoms with Crippen LogP contribution in [-0.2, 0) is 21.4 Å². The van der Waals surface area contributed by atoms with Crippen molar-refractivity contribution in [3.8, 4) is 0 Å². The number of carboxylic acids is 1. The molecular formula is C13H18F2NO2S+. The third-order valence-corrected chi connectivity index (χ3v) is 4.63. The minimum atomic E-state index is -3.06. The number of rotatable bonds is 7. The van der Waals surface area contributed by atoms with E-state index in [-0.39, 0.29) is 17.3 Å². The Kier molecular flexibility index (Phi) is 5.75. The van der Waals surface area contributed by atoms with E-state index in [0.29, 0.717) is 5.75 Å². The number of hydrogen-bond donors (Lipinski definition) is 2. The van der Waals surface area contributed by atoms with E-state index in [9.17, 15) is 13.6 Å². The Labute approximate surface area is 114 Å². The van der Waals surface area contributed by atoms with Crippen LogP contribution in [0.1, 0.15) is 12.0 Å². The molecule has 0 spiro atoms. The van der Waals surface area contributed by atoms with Crippen LogP contribution in [0.2, 0.25) is 0 Å². The van der Waals surface area contributed by atoms with E-state index >= 15 is 0 Å². The van der Waals surface area contributed by atoms with Crippen molar-refractivity contribution >= 4 is 16.9 Å². The highest BCUT2D eigenvalue weighted by Crippen LogP contribution is 2.20. The van der Waals surface area contributed by atoms with Crippen molar-refractivity contribution in [1.82, 2.24) is 0 Å². The minimum absolute atomic E-state index is 0.177. The number of alkyl halides is 2. The molecule has 106 valence electrons. The maximum Gasteiger partial charge on any atom is 0.329 e. The van der Waals surface area contributed by atoms with Gasteiger partial charge in [0, 0.05) is 12.0 Å². The molecule has 1 rings (SSSR count). The lowest BCUT2D eigenvalue weighted by atomic mass is 9.99. The van der Waals surface area contributed by atoms with Crippen LogP contribution in [0.4, 0.5) is 8.78 Å². The molecule has 1 unspecified atom stereocenters. The lowest BCUT2D eigenvalue weighted by Crippen LogP contribution is -2.55. The zero-order chi connectivity index (χ0) is 14.5. The molecule has 3 N–H and O–H groups in total. The number of hydrogen-bond acceptors (Lipinski definition) is 2. The molecule has 0 aliphatic rings. The van der Waals surface area contributed by atoms with Crippen LogP contribution in [0.5, 0.6) is 0 Å². The maximum absolute atomic E-state index is 12.7. The van der Waals surface area contributed by atoms with Crippen molar-refractivity contribution in [3.05, 3.63) is 35.9 Å². The predicted molar refractivity (Wildman–Crippen MR) is 73.5 cm³/mol. The number of aliphatic carboxylic acids is 1. The van der Waals surface area contributed by atoms with Crippen molar-refractivity contribution < 1.29 is 18.7 Å². The molecule has 0 aliphatic carbocycles. The fourth-order valence-electron chi connectivity index (χ4n) is 1.58. The first kappa shape index (κ1) is 15.9. The fraction of sp³-hybridized carbons (Fsp3) is 0.462. The van der Waals surface area contributed by atoms with Gasteiger partial charge in [0.2, 0.25) is 0 Å². The molecule has 0 fully saturated rings. The smallest absolute Gasteiger partial charge is 0.329 e. The van der Waals surface area contributed by atoms with Crippen LogP contribution in [-0.4, -0.2) is 35.0 Å². The van der Waals surface area contributed by atoms with E-state index in [4.69, 9.17) is 10.8 Å². The maximum atomic E-state index is 12.7. The Hall–Kier alpha value is -1.14. The molecule has 0 bridgehead atoms. The SMILES string of the molecule is C[S+](CC[C@](N)(C(=O)O)C(F)F)Cc1ccccc1. The van der Waals surface area contributed by atoms with Crippen molar-refractivity contribution in [3.63, 3.8) is 0 Å². The Morgan fingerprint density at radius 2 is 2.00 bits per heavy atom. The van der Waals surface area contributed by atoms with Crippen LogP contribution >= 0.6 is 0 Å². The molecule has 0 saturated carbocycles. The van der Waals surface area contributed by atoms with Gasteiger partial charge in [-0.05, 0) is 10.9 Å². The zero-order valence-corrected chi connectivity index (χ0v) is 11.5. The van der Waals surface area contributed by atoms with Gasteiger partial charge in [0.1, 0.15) is 11.5 Å². The van der Waals surface area contributed by atoms with Gasteiger partial charge in [0.25, 0.3) is 6.43 Å². The van der Waals surface area contributed by atoms with Crippen molar-refractivity contribution in [2.24, 2.45) is 5.73 Å². The summed E-state index contributed by atoms with van der Waals surface area (Å²) in [5, 5.41) is 8.80. The highest BCUT2D eigenvalue weighted by Gasteiger charge is 2.44. The Balaban J connectivity index is 2.53. The highest BCUT2D eigenvalue weighted by molar-refractivity contribution is 7.95. The summed E-state index contributed by atoms with van der Waals surface area (Å²) in [6, 6.07) is 9.66. The van der Waals surface area contributed by atoms with Gasteiger partial charge in [0.15, 0.2) is 5.54 Å². The topological polar surface area (TPSA) is 63.3 Å². The molecule has 0 aromatic heterocycles. The molecule has 0 radical (unpaired) electrons. The van der Waals surface area contributed by atoms with Gasteiger partial charge in [-0.15, -0.1) is 0 Å². The predicted octanol–water partition coefficient (Wildman–Crippen LogP) is 1.87. The molecule has 6 heteroatoms. The van der Waals surface area contributed by atoms with Gasteiger partial charge in [-0.2, -0.15) is 0 Å². The zero-order valence-electron chi connectivity index (χ0n) is 10.7. The summed E-state index contributed by atoms with van der Waals surface area (Å²) < 4.78 is 25.4. The van der Waals surface area contributed by atoms with E-state index in [1.807, 2.05) is 36.6 Å². The van der Waals surface area contributed by atoms with E-state index in [1.165, 1.54) is 0 Å². The summed E-state index contributed by atoms with van der Waals surface area (Å²) in [7, 11) is -0.177.